The smallest absolute Gasteiger partial charge is 0.417 e. The first kappa shape index (κ1) is 24.9. The van der Waals surface area contributed by atoms with Gasteiger partial charge in [0.2, 0.25) is 0 Å². The summed E-state index contributed by atoms with van der Waals surface area (Å²) in [6.45, 7) is 5.12. The molecule has 1 amide bonds. The van der Waals surface area contributed by atoms with Gasteiger partial charge in [-0.05, 0) is 44.9 Å². The molecule has 7 nitrogen and oxygen atoms in total. The highest BCUT2D eigenvalue weighted by atomic mass is 79.9. The Morgan fingerprint density at radius 3 is 2.36 bits per heavy atom. The third-order valence-corrected chi connectivity index (χ3v) is 5.59. The summed E-state index contributed by atoms with van der Waals surface area (Å²) in [7, 11) is 0. The van der Waals surface area contributed by atoms with Crippen LogP contribution in [0.1, 0.15) is 55.6 Å². The first-order valence-electron chi connectivity index (χ1n) is 10.1. The highest BCUT2D eigenvalue weighted by Crippen LogP contribution is 2.46. The number of amides is 1. The van der Waals surface area contributed by atoms with Crippen LogP contribution in [0.3, 0.4) is 0 Å². The molecule has 2 atom stereocenters. The first-order chi connectivity index (χ1) is 15.2. The summed E-state index contributed by atoms with van der Waals surface area (Å²) in [6, 6.07) is 3.57. The summed E-state index contributed by atoms with van der Waals surface area (Å²) in [6.07, 6.45) is -1.69. The van der Waals surface area contributed by atoms with E-state index < -0.39 is 35.3 Å². The molecule has 2 aromatic rings. The lowest BCUT2D eigenvalue weighted by molar-refractivity contribution is -0.139. The van der Waals surface area contributed by atoms with Gasteiger partial charge in [-0.2, -0.15) is 13.2 Å². The number of carboxylic acid groups (broad SMARTS) is 1. The molecule has 33 heavy (non-hydrogen) atoms. The van der Waals surface area contributed by atoms with Gasteiger partial charge in [0, 0.05) is 23.1 Å². The molecule has 0 spiro atoms. The van der Waals surface area contributed by atoms with Crippen LogP contribution in [0.5, 0.6) is 0 Å². The van der Waals surface area contributed by atoms with Crippen molar-refractivity contribution in [3.63, 3.8) is 0 Å². The number of aliphatic carboxylic acids is 1. The standard InChI is InChI=1S/C22H23BrF3N3O4/c1-21(2,3)33-20(32)29(10-12-4-5-16(17(23)6-12)22(24,25)26)11-13-8-28-18(9-27-13)14-7-15(14)19(30)31/h4-6,8-9,14-15H,7,10-11H2,1-3H3,(H,30,31). The van der Waals surface area contributed by atoms with Gasteiger partial charge < -0.3 is 9.84 Å². The van der Waals surface area contributed by atoms with E-state index in [0.29, 0.717) is 23.4 Å². The van der Waals surface area contributed by atoms with Crippen molar-refractivity contribution in [3.05, 3.63) is 57.6 Å². The van der Waals surface area contributed by atoms with Crippen molar-refractivity contribution in [1.82, 2.24) is 14.9 Å². The third-order valence-electron chi connectivity index (χ3n) is 4.93. The van der Waals surface area contributed by atoms with Crippen molar-refractivity contribution in [2.24, 2.45) is 5.92 Å². The Morgan fingerprint density at radius 2 is 1.88 bits per heavy atom. The summed E-state index contributed by atoms with van der Waals surface area (Å²) in [5.74, 6) is -1.50. The fourth-order valence-electron chi connectivity index (χ4n) is 3.25. The lowest BCUT2D eigenvalue weighted by Gasteiger charge is -2.27. The minimum absolute atomic E-state index is 0.00780. The second-order valence-corrected chi connectivity index (χ2v) is 9.72. The minimum atomic E-state index is -4.50. The van der Waals surface area contributed by atoms with E-state index in [1.54, 1.807) is 20.8 Å². The van der Waals surface area contributed by atoms with E-state index in [1.807, 2.05) is 0 Å². The second-order valence-electron chi connectivity index (χ2n) is 8.87. The Balaban J connectivity index is 1.78. The zero-order valence-corrected chi connectivity index (χ0v) is 19.8. The van der Waals surface area contributed by atoms with Crippen molar-refractivity contribution in [1.29, 1.82) is 0 Å². The number of nitrogens with zero attached hydrogens (tertiary/aromatic N) is 3. The quantitative estimate of drug-likeness (QED) is 0.539. The minimum Gasteiger partial charge on any atom is -0.481 e. The third kappa shape index (κ3) is 6.66. The Hall–Kier alpha value is -2.69. The van der Waals surface area contributed by atoms with Crippen LogP contribution in [0.15, 0.2) is 35.1 Å². The molecule has 0 aliphatic heterocycles. The highest BCUT2D eigenvalue weighted by Gasteiger charge is 2.45. The fourth-order valence-corrected chi connectivity index (χ4v) is 3.90. The number of carbonyl (C=O) groups excluding carboxylic acids is 1. The number of hydrogen-bond acceptors (Lipinski definition) is 5. The molecule has 1 N–H and O–H groups in total. The molecule has 11 heteroatoms. The number of ether oxygens (including phenoxy) is 1. The topological polar surface area (TPSA) is 92.6 Å². The van der Waals surface area contributed by atoms with E-state index in [9.17, 15) is 22.8 Å². The molecule has 0 bridgehead atoms. The monoisotopic (exact) mass is 529 g/mol. The van der Waals surface area contributed by atoms with Gasteiger partial charge in [-0.25, -0.2) is 4.79 Å². The number of alkyl halides is 3. The normalized spacial score (nSPS) is 18.0. The predicted molar refractivity (Wildman–Crippen MR) is 115 cm³/mol. The summed E-state index contributed by atoms with van der Waals surface area (Å²) in [4.78, 5) is 33.7. The fraction of sp³-hybridized carbons (Fsp3) is 0.455. The molecule has 0 radical (unpaired) electrons. The van der Waals surface area contributed by atoms with Gasteiger partial charge >= 0.3 is 18.2 Å². The van der Waals surface area contributed by atoms with Crippen molar-refractivity contribution in [2.45, 2.75) is 58.0 Å². The lowest BCUT2D eigenvalue weighted by Crippen LogP contribution is -2.36. The van der Waals surface area contributed by atoms with Gasteiger partial charge in [0.25, 0.3) is 0 Å². The van der Waals surface area contributed by atoms with E-state index in [4.69, 9.17) is 9.84 Å². The maximum absolute atomic E-state index is 13.0. The first-order valence-corrected chi connectivity index (χ1v) is 10.9. The summed E-state index contributed by atoms with van der Waals surface area (Å²) in [5, 5.41) is 9.06. The average molecular weight is 530 g/mol. The molecule has 1 aromatic carbocycles. The van der Waals surface area contributed by atoms with Crippen LogP contribution in [-0.4, -0.2) is 37.6 Å². The van der Waals surface area contributed by atoms with E-state index in [-0.39, 0.29) is 23.5 Å². The number of halogens is 4. The molecular formula is C22H23BrF3N3O4. The largest absolute Gasteiger partial charge is 0.481 e. The molecule has 2 unspecified atom stereocenters. The molecule has 1 aliphatic carbocycles. The van der Waals surface area contributed by atoms with Crippen LogP contribution in [0.4, 0.5) is 18.0 Å². The molecule has 1 heterocycles. The van der Waals surface area contributed by atoms with Crippen molar-refractivity contribution in [2.75, 3.05) is 0 Å². The van der Waals surface area contributed by atoms with Gasteiger partial charge in [-0.3, -0.25) is 19.7 Å². The average Bonchev–Trinajstić information content (AvgIpc) is 3.47. The van der Waals surface area contributed by atoms with E-state index in [2.05, 4.69) is 25.9 Å². The molecule has 1 aliphatic rings. The number of hydrogen-bond donors (Lipinski definition) is 1. The van der Waals surface area contributed by atoms with E-state index in [0.717, 1.165) is 6.07 Å². The van der Waals surface area contributed by atoms with Gasteiger partial charge in [0.15, 0.2) is 0 Å². The van der Waals surface area contributed by atoms with Crippen LogP contribution >= 0.6 is 15.9 Å². The second kappa shape index (κ2) is 9.28. The maximum atomic E-state index is 13.0. The molecule has 0 saturated heterocycles. The predicted octanol–water partition coefficient (Wildman–Crippen LogP) is 5.38. The van der Waals surface area contributed by atoms with E-state index >= 15 is 0 Å². The molecular weight excluding hydrogens is 507 g/mol. The highest BCUT2D eigenvalue weighted by molar-refractivity contribution is 9.10. The molecule has 178 valence electrons. The van der Waals surface area contributed by atoms with Crippen LogP contribution in [-0.2, 0) is 28.8 Å². The van der Waals surface area contributed by atoms with E-state index in [1.165, 1.54) is 29.4 Å². The molecule has 1 saturated carbocycles. The van der Waals surface area contributed by atoms with Crippen LogP contribution in [0.2, 0.25) is 0 Å². The van der Waals surface area contributed by atoms with Crippen LogP contribution < -0.4 is 0 Å². The summed E-state index contributed by atoms with van der Waals surface area (Å²) < 4.78 is 44.5. The maximum Gasteiger partial charge on any atom is 0.417 e. The Kier molecular flexibility index (Phi) is 7.01. The number of rotatable bonds is 6. The SMILES string of the molecule is CC(C)(C)OC(=O)N(Cc1ccc(C(F)(F)F)c(Br)c1)Cc1cnc(C2CC2C(=O)O)cn1. The Morgan fingerprint density at radius 1 is 1.18 bits per heavy atom. The van der Waals surface area contributed by atoms with Gasteiger partial charge in [0.1, 0.15) is 5.60 Å². The number of carbonyl (C=O) groups is 2. The van der Waals surface area contributed by atoms with Crippen LogP contribution in [0.25, 0.3) is 0 Å². The number of benzene rings is 1. The van der Waals surface area contributed by atoms with Gasteiger partial charge in [-0.1, -0.05) is 22.0 Å². The Labute approximate surface area is 197 Å². The van der Waals surface area contributed by atoms with Crippen molar-refractivity contribution >= 4 is 28.0 Å². The van der Waals surface area contributed by atoms with Gasteiger partial charge in [-0.15, -0.1) is 0 Å². The zero-order chi connectivity index (χ0) is 24.6. The van der Waals surface area contributed by atoms with Gasteiger partial charge in [0.05, 0.1) is 35.6 Å². The lowest BCUT2D eigenvalue weighted by atomic mass is 10.1. The zero-order valence-electron chi connectivity index (χ0n) is 18.2. The van der Waals surface area contributed by atoms with Crippen LogP contribution in [0, 0.1) is 5.92 Å². The number of aromatic nitrogens is 2. The summed E-state index contributed by atoms with van der Waals surface area (Å²) >= 11 is 2.95. The number of carboxylic acids is 1. The molecule has 3 rings (SSSR count). The van der Waals surface area contributed by atoms with Crippen molar-refractivity contribution < 1.29 is 32.6 Å². The molecule has 1 aromatic heterocycles. The summed E-state index contributed by atoms with van der Waals surface area (Å²) in [5.41, 5.74) is -0.114. The Bertz CT molecular complexity index is 1040. The molecule has 1 fully saturated rings. The van der Waals surface area contributed by atoms with Crippen molar-refractivity contribution in [3.8, 4) is 0 Å².